The Morgan fingerprint density at radius 3 is 2.14 bits per heavy atom. The van der Waals surface area contributed by atoms with Gasteiger partial charge < -0.3 is 5.32 Å². The Balaban J connectivity index is 4.12. The lowest BCUT2D eigenvalue weighted by atomic mass is 9.87. The van der Waals surface area contributed by atoms with E-state index in [2.05, 4.69) is 39.9 Å². The van der Waals surface area contributed by atoms with Crippen molar-refractivity contribution in [2.45, 2.75) is 47.5 Å². The van der Waals surface area contributed by atoms with Crippen LogP contribution in [0.2, 0.25) is 0 Å². The molecule has 0 bridgehead atoms. The van der Waals surface area contributed by atoms with E-state index in [9.17, 15) is 4.79 Å². The van der Waals surface area contributed by atoms with Crippen LogP contribution in [0.5, 0.6) is 0 Å². The molecule has 1 atom stereocenters. The molecule has 2 heteroatoms. The summed E-state index contributed by atoms with van der Waals surface area (Å²) in [6.45, 7) is 11.5. The molecule has 84 valence electrons. The van der Waals surface area contributed by atoms with Gasteiger partial charge in [0.25, 0.3) is 0 Å². The van der Waals surface area contributed by atoms with Crippen molar-refractivity contribution in [3.8, 4) is 0 Å². The average molecular weight is 199 g/mol. The van der Waals surface area contributed by atoms with Gasteiger partial charge in [0.2, 0.25) is 5.91 Å². The van der Waals surface area contributed by atoms with Gasteiger partial charge in [-0.3, -0.25) is 4.79 Å². The molecule has 0 heterocycles. The van der Waals surface area contributed by atoms with Crippen LogP contribution in [-0.2, 0) is 4.79 Å². The van der Waals surface area contributed by atoms with E-state index >= 15 is 0 Å². The molecular formula is C12H25NO. The van der Waals surface area contributed by atoms with Crippen molar-refractivity contribution in [1.82, 2.24) is 5.32 Å². The molecule has 0 rings (SSSR count). The van der Waals surface area contributed by atoms with E-state index in [0.717, 1.165) is 19.4 Å². The van der Waals surface area contributed by atoms with E-state index in [-0.39, 0.29) is 11.8 Å². The van der Waals surface area contributed by atoms with Crippen LogP contribution in [0.15, 0.2) is 0 Å². The van der Waals surface area contributed by atoms with Gasteiger partial charge in [0.15, 0.2) is 0 Å². The molecule has 0 saturated heterocycles. The van der Waals surface area contributed by atoms with Crippen LogP contribution < -0.4 is 5.32 Å². The first-order chi connectivity index (χ1) is 6.49. The second-order valence-corrected chi connectivity index (χ2v) is 4.77. The topological polar surface area (TPSA) is 29.1 Å². The van der Waals surface area contributed by atoms with Crippen molar-refractivity contribution in [2.75, 3.05) is 6.54 Å². The Kier molecular flexibility index (Phi) is 6.60. The summed E-state index contributed by atoms with van der Waals surface area (Å²) in [5.41, 5.74) is 0. The van der Waals surface area contributed by atoms with E-state index in [1.807, 2.05) is 0 Å². The number of nitrogens with one attached hydrogen (secondary N) is 1. The SMILES string of the molecule is CCCNC(=O)C(CC(C)C)C(C)C. The molecule has 0 radical (unpaired) electrons. The van der Waals surface area contributed by atoms with Gasteiger partial charge in [-0.15, -0.1) is 0 Å². The molecule has 0 aliphatic rings. The van der Waals surface area contributed by atoms with Gasteiger partial charge in [0.1, 0.15) is 0 Å². The zero-order chi connectivity index (χ0) is 11.1. The predicted octanol–water partition coefficient (Wildman–Crippen LogP) is 2.83. The van der Waals surface area contributed by atoms with Crippen LogP contribution in [0.4, 0.5) is 0 Å². The molecule has 14 heavy (non-hydrogen) atoms. The Morgan fingerprint density at radius 2 is 1.79 bits per heavy atom. The van der Waals surface area contributed by atoms with Crippen molar-refractivity contribution in [3.63, 3.8) is 0 Å². The molecule has 0 aliphatic carbocycles. The summed E-state index contributed by atoms with van der Waals surface area (Å²) in [4.78, 5) is 11.8. The summed E-state index contributed by atoms with van der Waals surface area (Å²) in [5, 5.41) is 2.98. The molecule has 1 amide bonds. The van der Waals surface area contributed by atoms with Crippen LogP contribution in [0.3, 0.4) is 0 Å². The number of carbonyl (C=O) groups excluding carboxylic acids is 1. The van der Waals surface area contributed by atoms with E-state index in [0.29, 0.717) is 11.8 Å². The summed E-state index contributed by atoms with van der Waals surface area (Å²) in [6.07, 6.45) is 2.01. The molecule has 0 fully saturated rings. The molecule has 0 aromatic carbocycles. The smallest absolute Gasteiger partial charge is 0.223 e. The molecule has 0 aromatic rings. The maximum atomic E-state index is 11.8. The standard InChI is InChI=1S/C12H25NO/c1-6-7-13-12(14)11(10(4)5)8-9(2)3/h9-11H,6-8H2,1-5H3,(H,13,14). The highest BCUT2D eigenvalue weighted by Gasteiger charge is 2.22. The normalized spacial score (nSPS) is 13.4. The summed E-state index contributed by atoms with van der Waals surface area (Å²) in [6, 6.07) is 0. The number of amides is 1. The monoisotopic (exact) mass is 199 g/mol. The van der Waals surface area contributed by atoms with Gasteiger partial charge in [-0.05, 0) is 24.7 Å². The maximum Gasteiger partial charge on any atom is 0.223 e. The lowest BCUT2D eigenvalue weighted by Gasteiger charge is -2.21. The zero-order valence-electron chi connectivity index (χ0n) is 10.3. The predicted molar refractivity (Wildman–Crippen MR) is 61.1 cm³/mol. The molecule has 1 unspecified atom stereocenters. The summed E-state index contributed by atoms with van der Waals surface area (Å²) in [5.74, 6) is 1.45. The molecule has 0 spiro atoms. The van der Waals surface area contributed by atoms with Gasteiger partial charge in [0, 0.05) is 12.5 Å². The van der Waals surface area contributed by atoms with E-state index in [1.165, 1.54) is 0 Å². The lowest BCUT2D eigenvalue weighted by molar-refractivity contribution is -0.126. The van der Waals surface area contributed by atoms with Crippen molar-refractivity contribution in [2.24, 2.45) is 17.8 Å². The third-order valence-electron chi connectivity index (χ3n) is 2.42. The fraction of sp³-hybridized carbons (Fsp3) is 0.917. The number of hydrogen-bond donors (Lipinski definition) is 1. The van der Waals surface area contributed by atoms with Gasteiger partial charge in [-0.25, -0.2) is 0 Å². The molecular weight excluding hydrogens is 174 g/mol. The van der Waals surface area contributed by atoms with Crippen LogP contribution in [-0.4, -0.2) is 12.5 Å². The van der Waals surface area contributed by atoms with Crippen molar-refractivity contribution < 1.29 is 4.79 Å². The number of carbonyl (C=O) groups is 1. The van der Waals surface area contributed by atoms with Crippen molar-refractivity contribution in [1.29, 1.82) is 0 Å². The third-order valence-corrected chi connectivity index (χ3v) is 2.42. The minimum Gasteiger partial charge on any atom is -0.356 e. The summed E-state index contributed by atoms with van der Waals surface area (Å²) < 4.78 is 0. The second-order valence-electron chi connectivity index (χ2n) is 4.77. The van der Waals surface area contributed by atoms with Gasteiger partial charge in [-0.2, -0.15) is 0 Å². The van der Waals surface area contributed by atoms with Crippen LogP contribution in [0.25, 0.3) is 0 Å². The Bertz CT molecular complexity index is 164. The fourth-order valence-corrected chi connectivity index (χ4v) is 1.57. The quantitative estimate of drug-likeness (QED) is 0.700. The average Bonchev–Trinajstić information content (AvgIpc) is 2.09. The van der Waals surface area contributed by atoms with E-state index < -0.39 is 0 Å². The first kappa shape index (κ1) is 13.5. The third kappa shape index (κ3) is 5.25. The zero-order valence-corrected chi connectivity index (χ0v) is 10.3. The van der Waals surface area contributed by atoms with Gasteiger partial charge in [0.05, 0.1) is 0 Å². The fourth-order valence-electron chi connectivity index (χ4n) is 1.57. The molecule has 0 aromatic heterocycles. The Hall–Kier alpha value is -0.530. The first-order valence-corrected chi connectivity index (χ1v) is 5.76. The summed E-state index contributed by atoms with van der Waals surface area (Å²) >= 11 is 0. The number of hydrogen-bond acceptors (Lipinski definition) is 1. The highest BCUT2D eigenvalue weighted by Crippen LogP contribution is 2.20. The van der Waals surface area contributed by atoms with Crippen LogP contribution in [0.1, 0.15) is 47.5 Å². The second kappa shape index (κ2) is 6.86. The molecule has 1 N–H and O–H groups in total. The highest BCUT2D eigenvalue weighted by atomic mass is 16.1. The maximum absolute atomic E-state index is 11.8. The number of rotatable bonds is 6. The molecule has 0 aliphatic heterocycles. The van der Waals surface area contributed by atoms with E-state index in [4.69, 9.17) is 0 Å². The first-order valence-electron chi connectivity index (χ1n) is 5.76. The Morgan fingerprint density at radius 1 is 1.21 bits per heavy atom. The summed E-state index contributed by atoms with van der Waals surface area (Å²) in [7, 11) is 0. The van der Waals surface area contributed by atoms with Crippen LogP contribution in [0, 0.1) is 17.8 Å². The highest BCUT2D eigenvalue weighted by molar-refractivity contribution is 5.78. The van der Waals surface area contributed by atoms with Crippen molar-refractivity contribution >= 4 is 5.91 Å². The van der Waals surface area contributed by atoms with Gasteiger partial charge >= 0.3 is 0 Å². The van der Waals surface area contributed by atoms with Crippen molar-refractivity contribution in [3.05, 3.63) is 0 Å². The lowest BCUT2D eigenvalue weighted by Crippen LogP contribution is -2.34. The van der Waals surface area contributed by atoms with E-state index in [1.54, 1.807) is 0 Å². The molecule has 0 saturated carbocycles. The Labute approximate surface area is 88.5 Å². The van der Waals surface area contributed by atoms with Gasteiger partial charge in [-0.1, -0.05) is 34.6 Å². The largest absolute Gasteiger partial charge is 0.356 e. The van der Waals surface area contributed by atoms with Crippen LogP contribution >= 0.6 is 0 Å². The molecule has 2 nitrogen and oxygen atoms in total. The minimum atomic E-state index is 0.182. The minimum absolute atomic E-state index is 0.182.